The maximum Gasteiger partial charge on any atom is 0.242 e. The molecule has 0 unspecified atom stereocenters. The predicted molar refractivity (Wildman–Crippen MR) is 71.0 cm³/mol. The maximum atomic E-state index is 11.9. The summed E-state index contributed by atoms with van der Waals surface area (Å²) in [5, 5.41) is 9.58. The van der Waals surface area contributed by atoms with Crippen LogP contribution in [0.5, 0.6) is 0 Å². The number of aromatic amines is 1. The number of rotatable bonds is 5. The monoisotopic (exact) mass is 281 g/mol. The van der Waals surface area contributed by atoms with E-state index < -0.39 is 10.0 Å². The van der Waals surface area contributed by atoms with Gasteiger partial charge in [-0.15, -0.1) is 0 Å². The standard InChI is InChI=1S/C11H15N5O2S/c1-16(2)19(17,18)10-5-3-9(4-6-10)12-7-11-13-8-14-15-11/h3-6,8,12H,7H2,1-2H3,(H,13,14,15). The first-order valence-electron chi connectivity index (χ1n) is 5.61. The second-order valence-corrected chi connectivity index (χ2v) is 6.25. The Morgan fingerprint density at radius 1 is 1.26 bits per heavy atom. The van der Waals surface area contributed by atoms with Crippen LogP contribution in [0.25, 0.3) is 0 Å². The molecule has 2 aromatic rings. The number of hydrogen-bond acceptors (Lipinski definition) is 5. The van der Waals surface area contributed by atoms with E-state index in [4.69, 9.17) is 0 Å². The number of nitrogens with one attached hydrogen (secondary N) is 2. The van der Waals surface area contributed by atoms with Crippen LogP contribution in [0.4, 0.5) is 5.69 Å². The van der Waals surface area contributed by atoms with Crippen molar-refractivity contribution >= 4 is 15.7 Å². The molecule has 0 aliphatic heterocycles. The van der Waals surface area contributed by atoms with Gasteiger partial charge in [0, 0.05) is 19.8 Å². The highest BCUT2D eigenvalue weighted by Crippen LogP contribution is 2.16. The number of aromatic nitrogens is 3. The summed E-state index contributed by atoms with van der Waals surface area (Å²) < 4.78 is 24.9. The summed E-state index contributed by atoms with van der Waals surface area (Å²) in [6.45, 7) is 0.500. The highest BCUT2D eigenvalue weighted by atomic mass is 32.2. The first kappa shape index (κ1) is 13.5. The molecule has 0 radical (unpaired) electrons. The van der Waals surface area contributed by atoms with Gasteiger partial charge in [-0.2, -0.15) is 5.10 Å². The quantitative estimate of drug-likeness (QED) is 0.840. The second-order valence-electron chi connectivity index (χ2n) is 4.10. The molecule has 0 atom stereocenters. The Hall–Kier alpha value is -1.93. The molecule has 1 aromatic heterocycles. The molecule has 1 heterocycles. The Morgan fingerprint density at radius 3 is 2.47 bits per heavy atom. The van der Waals surface area contributed by atoms with E-state index in [2.05, 4.69) is 20.5 Å². The molecule has 0 aliphatic rings. The molecule has 102 valence electrons. The van der Waals surface area contributed by atoms with Crippen LogP contribution in [-0.4, -0.2) is 42.0 Å². The lowest BCUT2D eigenvalue weighted by Crippen LogP contribution is -2.22. The summed E-state index contributed by atoms with van der Waals surface area (Å²) in [5.74, 6) is 0.713. The smallest absolute Gasteiger partial charge is 0.242 e. The van der Waals surface area contributed by atoms with Crippen LogP contribution in [-0.2, 0) is 16.6 Å². The van der Waals surface area contributed by atoms with Crippen molar-refractivity contribution in [1.29, 1.82) is 0 Å². The first-order chi connectivity index (χ1) is 9.00. The third-order valence-corrected chi connectivity index (χ3v) is 4.39. The fourth-order valence-corrected chi connectivity index (χ4v) is 2.36. The third-order valence-electron chi connectivity index (χ3n) is 2.56. The first-order valence-corrected chi connectivity index (χ1v) is 7.05. The molecule has 0 aliphatic carbocycles. The van der Waals surface area contributed by atoms with Gasteiger partial charge >= 0.3 is 0 Å². The molecule has 0 saturated heterocycles. The number of anilines is 1. The van der Waals surface area contributed by atoms with Crippen molar-refractivity contribution < 1.29 is 8.42 Å². The van der Waals surface area contributed by atoms with E-state index in [0.717, 1.165) is 5.69 Å². The van der Waals surface area contributed by atoms with Gasteiger partial charge in [-0.25, -0.2) is 17.7 Å². The predicted octanol–water partition coefficient (Wildman–Crippen LogP) is 0.667. The minimum absolute atomic E-state index is 0.266. The van der Waals surface area contributed by atoms with Crippen LogP contribution < -0.4 is 5.32 Å². The lowest BCUT2D eigenvalue weighted by molar-refractivity contribution is 0.521. The molecule has 2 rings (SSSR count). The fourth-order valence-electron chi connectivity index (χ4n) is 1.46. The zero-order valence-corrected chi connectivity index (χ0v) is 11.5. The van der Waals surface area contributed by atoms with Gasteiger partial charge in [0.05, 0.1) is 11.4 Å². The van der Waals surface area contributed by atoms with Crippen molar-refractivity contribution in [3.63, 3.8) is 0 Å². The van der Waals surface area contributed by atoms with Gasteiger partial charge in [0.2, 0.25) is 10.0 Å². The van der Waals surface area contributed by atoms with Crippen molar-refractivity contribution in [3.05, 3.63) is 36.4 Å². The van der Waals surface area contributed by atoms with Crippen LogP contribution in [0.2, 0.25) is 0 Å². The van der Waals surface area contributed by atoms with Gasteiger partial charge < -0.3 is 5.32 Å². The Labute approximate surface area is 111 Å². The molecule has 7 nitrogen and oxygen atoms in total. The van der Waals surface area contributed by atoms with E-state index >= 15 is 0 Å². The second kappa shape index (κ2) is 5.37. The summed E-state index contributed by atoms with van der Waals surface area (Å²) in [6.07, 6.45) is 1.43. The van der Waals surface area contributed by atoms with E-state index in [1.165, 1.54) is 24.7 Å². The highest BCUT2D eigenvalue weighted by molar-refractivity contribution is 7.89. The topological polar surface area (TPSA) is 91.0 Å². The molecule has 2 N–H and O–H groups in total. The van der Waals surface area contributed by atoms with Crippen LogP contribution >= 0.6 is 0 Å². The van der Waals surface area contributed by atoms with Gasteiger partial charge in [-0.05, 0) is 24.3 Å². The normalized spacial score (nSPS) is 11.7. The van der Waals surface area contributed by atoms with Crippen molar-refractivity contribution in [1.82, 2.24) is 19.5 Å². The SMILES string of the molecule is CN(C)S(=O)(=O)c1ccc(NCc2ncn[nH]2)cc1. The van der Waals surface area contributed by atoms with Crippen LogP contribution in [0.15, 0.2) is 35.5 Å². The minimum Gasteiger partial charge on any atom is -0.378 e. The average molecular weight is 281 g/mol. The van der Waals surface area contributed by atoms with E-state index in [9.17, 15) is 8.42 Å². The van der Waals surface area contributed by atoms with Gasteiger partial charge in [0.1, 0.15) is 12.2 Å². The Bertz CT molecular complexity index is 620. The van der Waals surface area contributed by atoms with Gasteiger partial charge in [0.25, 0.3) is 0 Å². The van der Waals surface area contributed by atoms with E-state index in [-0.39, 0.29) is 4.90 Å². The molecule has 0 fully saturated rings. The zero-order valence-electron chi connectivity index (χ0n) is 10.7. The number of hydrogen-bond donors (Lipinski definition) is 2. The van der Waals surface area contributed by atoms with E-state index in [0.29, 0.717) is 12.4 Å². The van der Waals surface area contributed by atoms with E-state index in [1.807, 2.05) is 0 Å². The Morgan fingerprint density at radius 2 is 1.95 bits per heavy atom. The van der Waals surface area contributed by atoms with Gasteiger partial charge in [-0.1, -0.05) is 0 Å². The molecule has 8 heteroatoms. The summed E-state index contributed by atoms with van der Waals surface area (Å²) in [6, 6.07) is 6.57. The van der Waals surface area contributed by atoms with Crippen molar-refractivity contribution in [2.45, 2.75) is 11.4 Å². The lowest BCUT2D eigenvalue weighted by Gasteiger charge is -2.12. The van der Waals surface area contributed by atoms with Crippen molar-refractivity contribution in [3.8, 4) is 0 Å². The fraction of sp³-hybridized carbons (Fsp3) is 0.273. The van der Waals surface area contributed by atoms with Gasteiger partial charge in [-0.3, -0.25) is 5.10 Å². The van der Waals surface area contributed by atoms with Crippen LogP contribution in [0, 0.1) is 0 Å². The Balaban J connectivity index is 2.07. The number of H-pyrrole nitrogens is 1. The molecule has 1 aromatic carbocycles. The van der Waals surface area contributed by atoms with Crippen molar-refractivity contribution in [2.24, 2.45) is 0 Å². The molecule has 0 bridgehead atoms. The highest BCUT2D eigenvalue weighted by Gasteiger charge is 2.16. The lowest BCUT2D eigenvalue weighted by atomic mass is 10.3. The Kier molecular flexibility index (Phi) is 3.82. The van der Waals surface area contributed by atoms with Crippen molar-refractivity contribution in [2.75, 3.05) is 19.4 Å². The van der Waals surface area contributed by atoms with Crippen LogP contribution in [0.3, 0.4) is 0 Å². The molecular weight excluding hydrogens is 266 g/mol. The van der Waals surface area contributed by atoms with Gasteiger partial charge in [0.15, 0.2) is 0 Å². The molecular formula is C11H15N5O2S. The molecule has 0 spiro atoms. The molecule has 0 saturated carbocycles. The number of sulfonamides is 1. The third kappa shape index (κ3) is 3.09. The summed E-state index contributed by atoms with van der Waals surface area (Å²) in [7, 11) is -0.364. The average Bonchev–Trinajstić information content (AvgIpc) is 2.90. The number of nitrogens with zero attached hydrogens (tertiary/aromatic N) is 3. The van der Waals surface area contributed by atoms with Crippen LogP contribution in [0.1, 0.15) is 5.82 Å². The summed E-state index contributed by atoms with van der Waals surface area (Å²) in [4.78, 5) is 4.25. The molecule has 0 amide bonds. The minimum atomic E-state index is -3.37. The molecule has 19 heavy (non-hydrogen) atoms. The summed E-state index contributed by atoms with van der Waals surface area (Å²) >= 11 is 0. The summed E-state index contributed by atoms with van der Waals surface area (Å²) in [5.41, 5.74) is 0.814. The zero-order chi connectivity index (χ0) is 13.9. The van der Waals surface area contributed by atoms with E-state index in [1.54, 1.807) is 24.3 Å². The largest absolute Gasteiger partial charge is 0.378 e. The maximum absolute atomic E-state index is 11.9. The number of benzene rings is 1.